The van der Waals surface area contributed by atoms with Gasteiger partial charge in [-0.3, -0.25) is 4.79 Å². The summed E-state index contributed by atoms with van der Waals surface area (Å²) in [4.78, 5) is 12.4. The largest absolute Gasteiger partial charge is 0.413 e. The van der Waals surface area contributed by atoms with Gasteiger partial charge in [-0.15, -0.1) is 0 Å². The van der Waals surface area contributed by atoms with Crippen LogP contribution in [0.4, 0.5) is 0 Å². The van der Waals surface area contributed by atoms with Crippen molar-refractivity contribution < 1.29 is 13.6 Å². The average molecular weight is 375 g/mol. The molecule has 0 radical (unpaired) electrons. The first-order valence-electron chi connectivity index (χ1n) is 9.48. The van der Waals surface area contributed by atoms with E-state index >= 15 is 0 Å². The fourth-order valence-electron chi connectivity index (χ4n) is 3.19. The molecule has 0 aromatic rings. The maximum Gasteiger partial charge on any atom is 0.185 e. The molecule has 0 spiro atoms. The van der Waals surface area contributed by atoms with E-state index in [4.69, 9.17) is 8.85 Å². The van der Waals surface area contributed by atoms with Crippen LogP contribution in [0.5, 0.6) is 0 Å². The van der Waals surface area contributed by atoms with Crippen LogP contribution in [0.2, 0.25) is 39.3 Å². The molecule has 3 nitrogen and oxygen atoms in total. The van der Waals surface area contributed by atoms with E-state index in [2.05, 4.69) is 53.1 Å². The summed E-state index contributed by atoms with van der Waals surface area (Å²) < 4.78 is 12.3. The Morgan fingerprint density at radius 1 is 0.750 bits per heavy atom. The van der Waals surface area contributed by atoms with Crippen LogP contribution < -0.4 is 0 Å². The van der Waals surface area contributed by atoms with Crippen LogP contribution in [0.1, 0.15) is 66.2 Å². The Morgan fingerprint density at radius 2 is 1.21 bits per heavy atom. The summed E-state index contributed by atoms with van der Waals surface area (Å²) in [6.07, 6.45) is 6.13. The minimum atomic E-state index is -1.69. The number of ketones is 1. The zero-order chi connectivity index (χ0) is 19.2. The summed E-state index contributed by atoms with van der Waals surface area (Å²) in [6.45, 7) is 21.4. The Balaban J connectivity index is 4.01. The van der Waals surface area contributed by atoms with Gasteiger partial charge in [-0.2, -0.15) is 0 Å². The Kier molecular flexibility index (Phi) is 9.11. The molecular formula is C19H42O3Si2. The van der Waals surface area contributed by atoms with Crippen LogP contribution in [0.3, 0.4) is 0 Å². The van der Waals surface area contributed by atoms with Gasteiger partial charge < -0.3 is 8.85 Å². The number of hydrogen-bond donors (Lipinski definition) is 0. The topological polar surface area (TPSA) is 35.5 Å². The molecule has 0 amide bonds. The fraction of sp³-hybridized carbons (Fsp3) is 0.947. The third-order valence-corrected chi connectivity index (χ3v) is 6.04. The molecule has 0 aliphatic carbocycles. The van der Waals surface area contributed by atoms with E-state index in [0.717, 1.165) is 19.3 Å². The number of carbonyl (C=O) groups excluding carboxylic acids is 1. The molecule has 0 atom stereocenters. The molecule has 0 heterocycles. The summed E-state index contributed by atoms with van der Waals surface area (Å²) in [7, 11) is -3.17. The van der Waals surface area contributed by atoms with E-state index in [1.165, 1.54) is 12.8 Å². The van der Waals surface area contributed by atoms with Gasteiger partial charge >= 0.3 is 0 Å². The van der Waals surface area contributed by atoms with Crippen LogP contribution in [-0.2, 0) is 13.6 Å². The standard InChI is InChI=1S/C19H42O3Si2/c1-18(2,21-23(5,6)7)16-14-12-11-13-15-17(20)19(3,4)22-24(8,9)10/h11-16H2,1-10H3. The third kappa shape index (κ3) is 12.4. The van der Waals surface area contributed by atoms with Gasteiger partial charge in [-0.25, -0.2) is 0 Å². The monoisotopic (exact) mass is 374 g/mol. The second-order valence-corrected chi connectivity index (χ2v) is 18.9. The first kappa shape index (κ1) is 24.0. The van der Waals surface area contributed by atoms with Crippen molar-refractivity contribution in [2.24, 2.45) is 0 Å². The predicted octanol–water partition coefficient (Wildman–Crippen LogP) is 6.16. The number of hydrogen-bond acceptors (Lipinski definition) is 3. The lowest BCUT2D eigenvalue weighted by Gasteiger charge is -2.33. The maximum absolute atomic E-state index is 12.4. The quantitative estimate of drug-likeness (QED) is 0.303. The molecule has 24 heavy (non-hydrogen) atoms. The molecular weight excluding hydrogens is 332 g/mol. The second-order valence-electron chi connectivity index (χ2n) is 10.0. The smallest absolute Gasteiger partial charge is 0.185 e. The van der Waals surface area contributed by atoms with E-state index in [1.807, 2.05) is 13.8 Å². The molecule has 0 N–H and O–H groups in total. The average Bonchev–Trinajstić information content (AvgIpc) is 2.26. The van der Waals surface area contributed by atoms with Crippen LogP contribution in [0.15, 0.2) is 0 Å². The molecule has 0 bridgehead atoms. The lowest BCUT2D eigenvalue weighted by molar-refractivity contribution is -0.132. The first-order chi connectivity index (χ1) is 10.5. The van der Waals surface area contributed by atoms with E-state index in [9.17, 15) is 4.79 Å². The molecule has 0 unspecified atom stereocenters. The van der Waals surface area contributed by atoms with Crippen molar-refractivity contribution in [3.8, 4) is 0 Å². The lowest BCUT2D eigenvalue weighted by Crippen LogP contribution is -2.44. The van der Waals surface area contributed by atoms with E-state index < -0.39 is 22.2 Å². The lowest BCUT2D eigenvalue weighted by atomic mass is 9.96. The minimum Gasteiger partial charge on any atom is -0.413 e. The van der Waals surface area contributed by atoms with Crippen LogP contribution in [0, 0.1) is 0 Å². The van der Waals surface area contributed by atoms with E-state index in [-0.39, 0.29) is 11.4 Å². The van der Waals surface area contributed by atoms with Crippen molar-refractivity contribution in [3.05, 3.63) is 0 Å². The normalized spacial score (nSPS) is 14.1. The number of carbonyl (C=O) groups is 1. The molecule has 5 heteroatoms. The molecule has 0 saturated heterocycles. The Labute approximate surface area is 153 Å². The molecule has 0 aliphatic heterocycles. The number of rotatable bonds is 12. The second kappa shape index (κ2) is 9.10. The summed E-state index contributed by atoms with van der Waals surface area (Å²) in [5, 5.41) is 0. The zero-order valence-corrected chi connectivity index (χ0v) is 20.0. The fourth-order valence-corrected chi connectivity index (χ4v) is 6.60. The number of unbranched alkanes of at least 4 members (excludes halogenated alkanes) is 3. The van der Waals surface area contributed by atoms with Gasteiger partial charge in [0.2, 0.25) is 0 Å². The van der Waals surface area contributed by atoms with Gasteiger partial charge in [0.05, 0.1) is 5.60 Å². The molecule has 0 saturated carbocycles. The number of Topliss-reactive ketones (excluding diaryl/α,β-unsaturated/α-hetero) is 1. The van der Waals surface area contributed by atoms with Gasteiger partial charge in [0.1, 0.15) is 5.60 Å². The van der Waals surface area contributed by atoms with Gasteiger partial charge in [-0.1, -0.05) is 19.3 Å². The first-order valence-corrected chi connectivity index (χ1v) is 16.3. The Bertz CT molecular complexity index is 390. The van der Waals surface area contributed by atoms with Gasteiger partial charge in [-0.05, 0) is 79.8 Å². The molecule has 0 aromatic heterocycles. The Morgan fingerprint density at radius 3 is 1.67 bits per heavy atom. The van der Waals surface area contributed by atoms with E-state index in [0.29, 0.717) is 6.42 Å². The predicted molar refractivity (Wildman–Crippen MR) is 110 cm³/mol. The summed E-state index contributed by atoms with van der Waals surface area (Å²) >= 11 is 0. The van der Waals surface area contributed by atoms with Crippen LogP contribution >= 0.6 is 0 Å². The van der Waals surface area contributed by atoms with Gasteiger partial charge in [0.25, 0.3) is 0 Å². The summed E-state index contributed by atoms with van der Waals surface area (Å²) in [5.74, 6) is 0.243. The van der Waals surface area contributed by atoms with E-state index in [1.54, 1.807) is 0 Å². The van der Waals surface area contributed by atoms with Crippen LogP contribution in [0.25, 0.3) is 0 Å². The van der Waals surface area contributed by atoms with Crippen molar-refractivity contribution in [1.82, 2.24) is 0 Å². The van der Waals surface area contributed by atoms with Crippen molar-refractivity contribution in [2.75, 3.05) is 0 Å². The van der Waals surface area contributed by atoms with Gasteiger partial charge in [0.15, 0.2) is 22.4 Å². The molecule has 0 rings (SSSR count). The summed E-state index contributed by atoms with van der Waals surface area (Å²) in [5.41, 5.74) is -0.648. The highest BCUT2D eigenvalue weighted by molar-refractivity contribution is 6.70. The molecule has 0 fully saturated rings. The molecule has 144 valence electrons. The summed E-state index contributed by atoms with van der Waals surface area (Å²) in [6, 6.07) is 0. The highest BCUT2D eigenvalue weighted by atomic mass is 28.4. The van der Waals surface area contributed by atoms with Gasteiger partial charge in [0, 0.05) is 6.42 Å². The third-order valence-electron chi connectivity index (χ3n) is 3.75. The van der Waals surface area contributed by atoms with Crippen LogP contribution in [-0.4, -0.2) is 33.6 Å². The SMILES string of the molecule is CC(C)(CCCCCCC(=O)C(C)(C)O[Si](C)(C)C)O[Si](C)(C)C. The molecule has 0 aromatic carbocycles. The van der Waals surface area contributed by atoms with Crippen molar-refractivity contribution >= 4 is 22.4 Å². The zero-order valence-electron chi connectivity index (χ0n) is 18.0. The van der Waals surface area contributed by atoms with Crippen molar-refractivity contribution in [1.29, 1.82) is 0 Å². The minimum absolute atomic E-state index is 0.0204. The highest BCUT2D eigenvalue weighted by Crippen LogP contribution is 2.24. The van der Waals surface area contributed by atoms with Crippen molar-refractivity contribution in [3.63, 3.8) is 0 Å². The maximum atomic E-state index is 12.4. The Hall–Kier alpha value is 0.0238. The van der Waals surface area contributed by atoms with Crippen molar-refractivity contribution in [2.45, 2.75) is 117 Å². The molecule has 0 aliphatic rings. The highest BCUT2D eigenvalue weighted by Gasteiger charge is 2.33.